The first-order valence-corrected chi connectivity index (χ1v) is 9.94. The maximum Gasteiger partial charge on any atom is 0.284 e. The molecule has 4 rings (SSSR count). The highest BCUT2D eigenvalue weighted by Gasteiger charge is 2.13. The zero-order chi connectivity index (χ0) is 22.7. The lowest BCUT2D eigenvalue weighted by atomic mass is 10.1. The predicted octanol–water partition coefficient (Wildman–Crippen LogP) is 4.15. The van der Waals surface area contributed by atoms with E-state index >= 15 is 0 Å². The first kappa shape index (κ1) is 20.9. The van der Waals surface area contributed by atoms with Gasteiger partial charge in [0.2, 0.25) is 0 Å². The van der Waals surface area contributed by atoms with E-state index in [9.17, 15) is 9.59 Å². The molecule has 162 valence electrons. The van der Waals surface area contributed by atoms with E-state index < -0.39 is 5.91 Å². The summed E-state index contributed by atoms with van der Waals surface area (Å²) < 4.78 is 12.8. The number of carbonyl (C=O) groups excluding carboxylic acids is 2. The second-order valence-electron chi connectivity index (χ2n) is 7.35. The van der Waals surface area contributed by atoms with Crippen molar-refractivity contribution in [2.24, 2.45) is 5.73 Å². The number of nitrogens with two attached hydrogens (primary N) is 1. The van der Waals surface area contributed by atoms with Crippen molar-refractivity contribution in [2.75, 3.05) is 5.32 Å². The molecular weight excluding hydrogens is 408 g/mol. The number of aromatic nitrogens is 2. The minimum absolute atomic E-state index is 0.0723. The van der Waals surface area contributed by atoms with Gasteiger partial charge in [-0.1, -0.05) is 24.3 Å². The van der Waals surface area contributed by atoms with Crippen LogP contribution in [0.1, 0.15) is 32.2 Å². The summed E-state index contributed by atoms with van der Waals surface area (Å²) in [7, 11) is 0. The fourth-order valence-corrected chi connectivity index (χ4v) is 3.12. The summed E-state index contributed by atoms with van der Waals surface area (Å²) in [5.74, 6) is 0.328. The fourth-order valence-electron chi connectivity index (χ4n) is 3.12. The average molecular weight is 430 g/mol. The van der Waals surface area contributed by atoms with E-state index in [-0.39, 0.29) is 24.1 Å². The van der Waals surface area contributed by atoms with Crippen molar-refractivity contribution in [2.45, 2.75) is 20.6 Å². The molecule has 3 N–H and O–H groups in total. The third-order valence-corrected chi connectivity index (χ3v) is 4.82. The van der Waals surface area contributed by atoms with Crippen molar-refractivity contribution in [3.05, 3.63) is 89.4 Å². The van der Waals surface area contributed by atoms with Gasteiger partial charge in [-0.2, -0.15) is 5.10 Å². The van der Waals surface area contributed by atoms with Gasteiger partial charge in [-0.05, 0) is 61.4 Å². The molecule has 0 radical (unpaired) electrons. The molecule has 0 atom stereocenters. The van der Waals surface area contributed by atoms with E-state index in [1.54, 1.807) is 47.3 Å². The zero-order valence-corrected chi connectivity index (χ0v) is 17.7. The van der Waals surface area contributed by atoms with Crippen LogP contribution in [0.5, 0.6) is 5.75 Å². The van der Waals surface area contributed by atoms with Gasteiger partial charge in [-0.25, -0.2) is 4.68 Å². The molecule has 0 saturated heterocycles. The number of benzene rings is 2. The van der Waals surface area contributed by atoms with Gasteiger partial charge in [0.05, 0.1) is 0 Å². The number of aryl methyl sites for hydroxylation is 2. The Morgan fingerprint density at radius 1 is 1.09 bits per heavy atom. The summed E-state index contributed by atoms with van der Waals surface area (Å²) in [4.78, 5) is 23.9. The van der Waals surface area contributed by atoms with E-state index in [0.29, 0.717) is 17.0 Å². The molecule has 2 heterocycles. The van der Waals surface area contributed by atoms with Crippen LogP contribution in [0.4, 0.5) is 5.69 Å². The lowest BCUT2D eigenvalue weighted by molar-refractivity contribution is 0.0973. The van der Waals surface area contributed by atoms with Crippen LogP contribution >= 0.6 is 0 Å². The minimum atomic E-state index is -0.641. The molecule has 2 amide bonds. The Kier molecular flexibility index (Phi) is 5.76. The number of furan rings is 1. The van der Waals surface area contributed by atoms with Gasteiger partial charge in [-0.3, -0.25) is 9.59 Å². The van der Waals surface area contributed by atoms with Crippen molar-refractivity contribution in [3.8, 4) is 17.1 Å². The molecule has 8 heteroatoms. The Morgan fingerprint density at radius 3 is 2.72 bits per heavy atom. The van der Waals surface area contributed by atoms with Gasteiger partial charge in [0, 0.05) is 17.4 Å². The average Bonchev–Trinajstić information content (AvgIpc) is 3.45. The number of ether oxygens (including phenoxy) is 1. The Hall–Kier alpha value is -4.33. The molecule has 0 bridgehead atoms. The number of nitrogens with zero attached hydrogens (tertiary/aromatic N) is 2. The second-order valence-corrected chi connectivity index (χ2v) is 7.35. The van der Waals surface area contributed by atoms with Crippen LogP contribution in [0.25, 0.3) is 11.3 Å². The number of amides is 2. The molecule has 32 heavy (non-hydrogen) atoms. The standard InChI is InChI=1S/C24H22N4O4/c1-15-6-7-16(2)22(12-15)31-14-28-11-10-19(27-28)24(30)26-18-5-3-4-17(13-18)20-8-9-21(32-20)23(25)29/h3-13H,14H2,1-2H3,(H2,25,29)(H,26,30). The molecule has 0 aliphatic heterocycles. The van der Waals surface area contributed by atoms with E-state index in [2.05, 4.69) is 10.4 Å². The van der Waals surface area contributed by atoms with Crippen LogP contribution in [0.2, 0.25) is 0 Å². The third-order valence-electron chi connectivity index (χ3n) is 4.82. The van der Waals surface area contributed by atoms with Crippen molar-refractivity contribution >= 4 is 17.5 Å². The molecule has 0 saturated carbocycles. The molecule has 2 aromatic heterocycles. The molecule has 4 aromatic rings. The van der Waals surface area contributed by atoms with Crippen molar-refractivity contribution in [1.82, 2.24) is 9.78 Å². The molecule has 0 aliphatic rings. The third kappa shape index (κ3) is 4.70. The van der Waals surface area contributed by atoms with Crippen molar-refractivity contribution < 1.29 is 18.7 Å². The van der Waals surface area contributed by atoms with E-state index in [1.165, 1.54) is 6.07 Å². The smallest absolute Gasteiger partial charge is 0.284 e. The number of anilines is 1. The number of rotatable bonds is 7. The number of nitrogens with one attached hydrogen (secondary N) is 1. The van der Waals surface area contributed by atoms with E-state index in [1.807, 2.05) is 32.0 Å². The topological polar surface area (TPSA) is 112 Å². The molecule has 0 unspecified atom stereocenters. The molecule has 0 aliphatic carbocycles. The Labute approximate surface area is 184 Å². The van der Waals surface area contributed by atoms with Crippen LogP contribution in [-0.2, 0) is 6.73 Å². The maximum atomic E-state index is 12.6. The summed E-state index contributed by atoms with van der Waals surface area (Å²) in [6.45, 7) is 4.16. The Balaban J connectivity index is 1.42. The number of hydrogen-bond acceptors (Lipinski definition) is 5. The summed E-state index contributed by atoms with van der Waals surface area (Å²) in [6.07, 6.45) is 1.69. The summed E-state index contributed by atoms with van der Waals surface area (Å²) >= 11 is 0. The predicted molar refractivity (Wildman–Crippen MR) is 119 cm³/mol. The van der Waals surface area contributed by atoms with Crippen molar-refractivity contribution in [1.29, 1.82) is 0 Å². The van der Waals surface area contributed by atoms with Gasteiger partial charge in [0.1, 0.15) is 11.5 Å². The van der Waals surface area contributed by atoms with Gasteiger partial charge >= 0.3 is 0 Å². The molecule has 0 fully saturated rings. The van der Waals surface area contributed by atoms with Crippen LogP contribution < -0.4 is 15.8 Å². The highest BCUT2D eigenvalue weighted by molar-refractivity contribution is 6.03. The normalized spacial score (nSPS) is 10.7. The molecular formula is C24H22N4O4. The fraction of sp³-hybridized carbons (Fsp3) is 0.125. The molecule has 8 nitrogen and oxygen atoms in total. The number of primary amides is 1. The monoisotopic (exact) mass is 430 g/mol. The highest BCUT2D eigenvalue weighted by atomic mass is 16.5. The number of carbonyl (C=O) groups is 2. The Morgan fingerprint density at radius 2 is 1.94 bits per heavy atom. The molecule has 2 aromatic carbocycles. The van der Waals surface area contributed by atoms with Crippen LogP contribution in [-0.4, -0.2) is 21.6 Å². The largest absolute Gasteiger partial charge is 0.471 e. The summed E-state index contributed by atoms with van der Waals surface area (Å²) in [6, 6.07) is 17.8. The second kappa shape index (κ2) is 8.81. The first-order chi connectivity index (χ1) is 15.4. The maximum absolute atomic E-state index is 12.6. The van der Waals surface area contributed by atoms with E-state index in [4.69, 9.17) is 14.9 Å². The van der Waals surface area contributed by atoms with Gasteiger partial charge in [0.25, 0.3) is 11.8 Å². The number of hydrogen-bond donors (Lipinski definition) is 2. The van der Waals surface area contributed by atoms with Crippen molar-refractivity contribution in [3.63, 3.8) is 0 Å². The van der Waals surface area contributed by atoms with Crippen LogP contribution in [0.3, 0.4) is 0 Å². The molecule has 0 spiro atoms. The SMILES string of the molecule is Cc1ccc(C)c(OCn2ccc(C(=O)Nc3cccc(-c4ccc(C(N)=O)o4)c3)n2)c1. The van der Waals surface area contributed by atoms with Gasteiger partial charge in [-0.15, -0.1) is 0 Å². The lowest BCUT2D eigenvalue weighted by Gasteiger charge is -2.10. The van der Waals surface area contributed by atoms with E-state index in [0.717, 1.165) is 16.9 Å². The summed E-state index contributed by atoms with van der Waals surface area (Å²) in [5.41, 5.74) is 8.88. The van der Waals surface area contributed by atoms with Crippen LogP contribution in [0.15, 0.2) is 71.3 Å². The minimum Gasteiger partial charge on any atom is -0.471 e. The summed E-state index contributed by atoms with van der Waals surface area (Å²) in [5, 5.41) is 7.10. The highest BCUT2D eigenvalue weighted by Crippen LogP contribution is 2.25. The van der Waals surface area contributed by atoms with Gasteiger partial charge in [0.15, 0.2) is 18.2 Å². The van der Waals surface area contributed by atoms with Crippen LogP contribution in [0, 0.1) is 13.8 Å². The lowest BCUT2D eigenvalue weighted by Crippen LogP contribution is -2.14. The first-order valence-electron chi connectivity index (χ1n) is 9.94. The quantitative estimate of drug-likeness (QED) is 0.457. The van der Waals surface area contributed by atoms with Gasteiger partial charge < -0.3 is 20.2 Å². The zero-order valence-electron chi connectivity index (χ0n) is 17.7. The Bertz CT molecular complexity index is 1290.